The fraction of sp³-hybridized carbons (Fsp3) is 0.500. The van der Waals surface area contributed by atoms with Crippen molar-refractivity contribution in [1.29, 1.82) is 0 Å². The van der Waals surface area contributed by atoms with Gasteiger partial charge in [0, 0.05) is 24.2 Å². The number of hydrogen-bond acceptors (Lipinski definition) is 1. The average Bonchev–Trinajstić information content (AvgIpc) is 3.01. The summed E-state index contributed by atoms with van der Waals surface area (Å²) < 4.78 is 0. The van der Waals surface area contributed by atoms with Gasteiger partial charge in [0.05, 0.1) is 0 Å². The number of hydrogen-bond donors (Lipinski definition) is 0. The number of fused-ring (bicyclic) bond motifs is 3. The summed E-state index contributed by atoms with van der Waals surface area (Å²) in [7, 11) is 0. The number of benzene rings is 2. The largest absolute Gasteiger partial charge is 0.368 e. The molecule has 1 heterocycles. The molecular weight excluding hydrogens is 302 g/mol. The first-order valence-electron chi connectivity index (χ1n) is 10.2. The minimum Gasteiger partial charge on any atom is -0.368 e. The van der Waals surface area contributed by atoms with Crippen molar-refractivity contribution in [1.82, 2.24) is 0 Å². The van der Waals surface area contributed by atoms with E-state index in [0.717, 1.165) is 18.5 Å². The smallest absolute Gasteiger partial charge is 0.0411 e. The highest BCUT2D eigenvalue weighted by Gasteiger charge is 2.40. The Morgan fingerprint density at radius 1 is 1.00 bits per heavy atom. The van der Waals surface area contributed by atoms with Crippen molar-refractivity contribution in [3.8, 4) is 11.1 Å². The molecule has 2 aromatic carbocycles. The second-order valence-electron chi connectivity index (χ2n) is 7.91. The third-order valence-corrected chi connectivity index (χ3v) is 6.64. The summed E-state index contributed by atoms with van der Waals surface area (Å²) >= 11 is 0. The molecule has 132 valence electrons. The molecule has 0 amide bonds. The summed E-state index contributed by atoms with van der Waals surface area (Å²) in [4.78, 5) is 2.68. The first-order valence-corrected chi connectivity index (χ1v) is 10.2. The molecule has 0 radical (unpaired) electrons. The van der Waals surface area contributed by atoms with Gasteiger partial charge in [-0.3, -0.25) is 0 Å². The highest BCUT2D eigenvalue weighted by Crippen LogP contribution is 2.51. The summed E-state index contributed by atoms with van der Waals surface area (Å²) in [5, 5.41) is 0. The van der Waals surface area contributed by atoms with E-state index in [-0.39, 0.29) is 0 Å². The van der Waals surface area contributed by atoms with Crippen LogP contribution in [-0.4, -0.2) is 12.6 Å². The molecule has 1 fully saturated rings. The van der Waals surface area contributed by atoms with Gasteiger partial charge in [0.1, 0.15) is 0 Å². The molecule has 0 aromatic heterocycles. The van der Waals surface area contributed by atoms with Gasteiger partial charge in [0.25, 0.3) is 0 Å². The minimum absolute atomic E-state index is 0.647. The van der Waals surface area contributed by atoms with Gasteiger partial charge in [-0.1, -0.05) is 63.1 Å². The lowest BCUT2D eigenvalue weighted by atomic mass is 9.79. The van der Waals surface area contributed by atoms with Crippen molar-refractivity contribution in [3.05, 3.63) is 53.6 Å². The summed E-state index contributed by atoms with van der Waals surface area (Å²) in [6, 6.07) is 17.1. The van der Waals surface area contributed by atoms with Gasteiger partial charge in [-0.25, -0.2) is 0 Å². The van der Waals surface area contributed by atoms with Crippen molar-refractivity contribution in [3.63, 3.8) is 0 Å². The second kappa shape index (κ2) is 6.86. The van der Waals surface area contributed by atoms with Gasteiger partial charge < -0.3 is 4.90 Å². The van der Waals surface area contributed by atoms with Crippen LogP contribution in [0.25, 0.3) is 11.1 Å². The van der Waals surface area contributed by atoms with Crippen LogP contribution in [0, 0.1) is 0 Å². The van der Waals surface area contributed by atoms with Gasteiger partial charge in [-0.15, -0.1) is 0 Å². The van der Waals surface area contributed by atoms with Crippen LogP contribution in [0.3, 0.4) is 0 Å². The summed E-state index contributed by atoms with van der Waals surface area (Å²) in [5.41, 5.74) is 7.46. The molecule has 1 saturated carbocycles. The fourth-order valence-electron chi connectivity index (χ4n) is 5.08. The van der Waals surface area contributed by atoms with Crippen LogP contribution >= 0.6 is 0 Å². The molecule has 2 aliphatic rings. The maximum absolute atomic E-state index is 2.68. The summed E-state index contributed by atoms with van der Waals surface area (Å²) in [6.07, 6.45) is 6.70. The van der Waals surface area contributed by atoms with Crippen molar-refractivity contribution < 1.29 is 0 Å². The van der Waals surface area contributed by atoms with E-state index in [1.165, 1.54) is 54.5 Å². The molecule has 1 heteroatoms. The van der Waals surface area contributed by atoms with Crippen molar-refractivity contribution in [2.24, 2.45) is 0 Å². The van der Waals surface area contributed by atoms with Crippen LogP contribution < -0.4 is 4.90 Å². The second-order valence-corrected chi connectivity index (χ2v) is 7.91. The van der Waals surface area contributed by atoms with E-state index in [2.05, 4.69) is 68.1 Å². The Bertz CT molecular complexity index is 730. The highest BCUT2D eigenvalue weighted by atomic mass is 15.2. The van der Waals surface area contributed by atoms with Crippen molar-refractivity contribution in [2.75, 3.05) is 11.4 Å². The van der Waals surface area contributed by atoms with Gasteiger partial charge in [0.2, 0.25) is 0 Å². The van der Waals surface area contributed by atoms with E-state index in [0.29, 0.717) is 5.92 Å². The number of nitrogens with zero attached hydrogens (tertiary/aromatic N) is 1. The lowest BCUT2D eigenvalue weighted by Gasteiger charge is -2.32. The fourth-order valence-corrected chi connectivity index (χ4v) is 5.08. The molecule has 1 nitrogen and oxygen atoms in total. The summed E-state index contributed by atoms with van der Waals surface area (Å²) in [5.74, 6) is 1.38. The van der Waals surface area contributed by atoms with Crippen LogP contribution in [0.2, 0.25) is 0 Å². The first-order chi connectivity index (χ1) is 12.2. The maximum atomic E-state index is 2.68. The molecule has 1 aliphatic carbocycles. The maximum Gasteiger partial charge on any atom is 0.0411 e. The van der Waals surface area contributed by atoms with Gasteiger partial charge >= 0.3 is 0 Å². The van der Waals surface area contributed by atoms with Crippen LogP contribution in [0.4, 0.5) is 5.69 Å². The Hall–Kier alpha value is -1.76. The van der Waals surface area contributed by atoms with E-state index in [9.17, 15) is 0 Å². The van der Waals surface area contributed by atoms with E-state index < -0.39 is 0 Å². The number of likely N-dealkylation sites (N-methyl/N-ethyl adjacent to an activating group) is 1. The van der Waals surface area contributed by atoms with Gasteiger partial charge in [-0.05, 0) is 60.4 Å². The third-order valence-electron chi connectivity index (χ3n) is 6.64. The van der Waals surface area contributed by atoms with Crippen LogP contribution in [-0.2, 0) is 0 Å². The van der Waals surface area contributed by atoms with E-state index >= 15 is 0 Å². The Morgan fingerprint density at radius 3 is 2.48 bits per heavy atom. The van der Waals surface area contributed by atoms with E-state index in [4.69, 9.17) is 0 Å². The Kier molecular flexibility index (Phi) is 4.58. The molecule has 4 rings (SSSR count). The monoisotopic (exact) mass is 333 g/mol. The Labute approximate surface area is 153 Å². The predicted octanol–water partition coefficient (Wildman–Crippen LogP) is 6.73. The molecule has 2 aromatic rings. The van der Waals surface area contributed by atoms with Crippen molar-refractivity contribution >= 4 is 5.69 Å². The molecular formula is C24H31N. The topological polar surface area (TPSA) is 3.24 Å². The van der Waals surface area contributed by atoms with Gasteiger partial charge in [-0.2, -0.15) is 0 Å². The molecule has 3 unspecified atom stereocenters. The predicted molar refractivity (Wildman–Crippen MR) is 109 cm³/mol. The Morgan fingerprint density at radius 2 is 1.76 bits per heavy atom. The van der Waals surface area contributed by atoms with E-state index in [1.54, 1.807) is 5.56 Å². The van der Waals surface area contributed by atoms with Crippen LogP contribution in [0.15, 0.2) is 42.5 Å². The number of rotatable bonds is 4. The minimum atomic E-state index is 0.647. The normalized spacial score (nSPS) is 23.2. The highest BCUT2D eigenvalue weighted by molar-refractivity contribution is 5.78. The lowest BCUT2D eigenvalue weighted by Crippen LogP contribution is -2.35. The molecule has 3 atom stereocenters. The van der Waals surface area contributed by atoms with Gasteiger partial charge in [0.15, 0.2) is 0 Å². The average molecular weight is 334 g/mol. The van der Waals surface area contributed by atoms with E-state index in [1.807, 2.05) is 0 Å². The molecule has 25 heavy (non-hydrogen) atoms. The Balaban J connectivity index is 1.77. The molecule has 0 bridgehead atoms. The lowest BCUT2D eigenvalue weighted by molar-refractivity contribution is 0.389. The zero-order valence-electron chi connectivity index (χ0n) is 16.0. The molecule has 0 saturated heterocycles. The van der Waals surface area contributed by atoms with Crippen molar-refractivity contribution in [2.45, 2.75) is 70.8 Å². The SMILES string of the molecule is CCC(C)c1ccc(-c2cccc3c2C2CCCCC2N3CC)cc1. The number of anilines is 1. The molecule has 0 N–H and O–H groups in total. The molecule has 0 spiro atoms. The zero-order chi connectivity index (χ0) is 17.4. The quantitative estimate of drug-likeness (QED) is 0.599. The van der Waals surface area contributed by atoms with Crippen LogP contribution in [0.1, 0.15) is 75.8 Å². The van der Waals surface area contributed by atoms with Crippen LogP contribution in [0.5, 0.6) is 0 Å². The standard InChI is InChI=1S/C24H31N/c1-4-17(3)18-13-15-19(16-14-18)20-10-8-12-23-24(20)21-9-6-7-11-22(21)25(23)5-2/h8,10,12-17,21-22H,4-7,9,11H2,1-3H3. The third kappa shape index (κ3) is 2.78. The summed E-state index contributed by atoms with van der Waals surface area (Å²) in [6.45, 7) is 8.03. The zero-order valence-corrected chi connectivity index (χ0v) is 16.0. The molecule has 1 aliphatic heterocycles. The first kappa shape index (κ1) is 16.7.